The third kappa shape index (κ3) is 6.24. The van der Waals surface area contributed by atoms with Crippen LogP contribution in [0.3, 0.4) is 0 Å². The van der Waals surface area contributed by atoms with Gasteiger partial charge in [-0.25, -0.2) is 0 Å². The molecule has 1 saturated heterocycles. The highest BCUT2D eigenvalue weighted by molar-refractivity contribution is 14.0. The van der Waals surface area contributed by atoms with Gasteiger partial charge in [0, 0.05) is 25.3 Å². The quantitative estimate of drug-likeness (QED) is 0.333. The molecular formula is C22H31IN4O2. The first-order chi connectivity index (χ1) is 13.7. The highest BCUT2D eigenvalue weighted by atomic mass is 127. The van der Waals surface area contributed by atoms with Crippen LogP contribution in [0.1, 0.15) is 24.4 Å². The minimum Gasteiger partial charge on any atom is -0.493 e. The predicted molar refractivity (Wildman–Crippen MR) is 130 cm³/mol. The standard InChI is InChI=1S/C22H30N4O2.HI/c1-23-22(25-18-11-12-20(27-2)21(15-18)28-3)24-16-19(26-13-7-8-14-26)17-9-5-4-6-10-17;/h4-6,9-12,15,19H,7-8,13-14,16H2,1-3H3,(H2,23,24,25);1H. The number of nitrogens with zero attached hydrogens (tertiary/aromatic N) is 2. The van der Waals surface area contributed by atoms with Crippen LogP contribution in [0.15, 0.2) is 53.5 Å². The first kappa shape index (κ1) is 23.3. The normalized spacial score (nSPS) is 15.3. The number of benzene rings is 2. The second-order valence-electron chi connectivity index (χ2n) is 6.82. The summed E-state index contributed by atoms with van der Waals surface area (Å²) in [6.45, 7) is 3.07. The maximum absolute atomic E-state index is 5.38. The zero-order chi connectivity index (χ0) is 19.8. The molecule has 0 aliphatic carbocycles. The summed E-state index contributed by atoms with van der Waals surface area (Å²) in [5, 5.41) is 6.82. The van der Waals surface area contributed by atoms with Gasteiger partial charge in [0.15, 0.2) is 17.5 Å². The molecule has 1 aliphatic heterocycles. The van der Waals surface area contributed by atoms with Crippen LogP contribution in [-0.4, -0.2) is 51.8 Å². The molecule has 29 heavy (non-hydrogen) atoms. The monoisotopic (exact) mass is 510 g/mol. The van der Waals surface area contributed by atoms with Gasteiger partial charge in [-0.3, -0.25) is 9.89 Å². The second-order valence-corrected chi connectivity index (χ2v) is 6.82. The van der Waals surface area contributed by atoms with E-state index in [1.54, 1.807) is 21.3 Å². The molecule has 2 aromatic carbocycles. The van der Waals surface area contributed by atoms with Gasteiger partial charge in [-0.2, -0.15) is 0 Å². The van der Waals surface area contributed by atoms with Gasteiger partial charge in [-0.1, -0.05) is 30.3 Å². The lowest BCUT2D eigenvalue weighted by Crippen LogP contribution is -2.39. The molecule has 0 spiro atoms. The lowest BCUT2D eigenvalue weighted by atomic mass is 10.1. The Morgan fingerprint density at radius 1 is 1.03 bits per heavy atom. The maximum Gasteiger partial charge on any atom is 0.195 e. The smallest absolute Gasteiger partial charge is 0.195 e. The van der Waals surface area contributed by atoms with Crippen molar-refractivity contribution in [2.75, 3.05) is 46.2 Å². The summed E-state index contributed by atoms with van der Waals surface area (Å²) in [6, 6.07) is 16.7. The second kappa shape index (κ2) is 11.9. The van der Waals surface area contributed by atoms with Crippen molar-refractivity contribution in [2.24, 2.45) is 4.99 Å². The number of likely N-dealkylation sites (tertiary alicyclic amines) is 1. The van der Waals surface area contributed by atoms with E-state index in [0.29, 0.717) is 17.5 Å². The fraction of sp³-hybridized carbons (Fsp3) is 0.409. The first-order valence-electron chi connectivity index (χ1n) is 9.74. The van der Waals surface area contributed by atoms with E-state index in [0.717, 1.165) is 31.3 Å². The number of anilines is 1. The van der Waals surface area contributed by atoms with Gasteiger partial charge in [-0.05, 0) is 43.6 Å². The Labute approximate surface area is 190 Å². The molecule has 3 rings (SSSR count). The van der Waals surface area contributed by atoms with Crippen molar-refractivity contribution < 1.29 is 9.47 Å². The van der Waals surface area contributed by atoms with Gasteiger partial charge in [0.2, 0.25) is 0 Å². The van der Waals surface area contributed by atoms with E-state index in [-0.39, 0.29) is 24.0 Å². The highest BCUT2D eigenvalue weighted by Crippen LogP contribution is 2.29. The molecule has 2 N–H and O–H groups in total. The van der Waals surface area contributed by atoms with Crippen LogP contribution in [-0.2, 0) is 0 Å². The largest absolute Gasteiger partial charge is 0.493 e. The minimum absolute atomic E-state index is 0. The molecule has 0 bridgehead atoms. The Morgan fingerprint density at radius 2 is 1.72 bits per heavy atom. The number of halogens is 1. The number of nitrogens with one attached hydrogen (secondary N) is 2. The third-order valence-corrected chi connectivity index (χ3v) is 5.10. The highest BCUT2D eigenvalue weighted by Gasteiger charge is 2.23. The van der Waals surface area contributed by atoms with E-state index in [1.165, 1.54) is 18.4 Å². The molecular weight excluding hydrogens is 479 g/mol. The Kier molecular flexibility index (Phi) is 9.53. The number of rotatable bonds is 7. The summed E-state index contributed by atoms with van der Waals surface area (Å²) in [5.74, 6) is 2.11. The molecule has 0 aromatic heterocycles. The summed E-state index contributed by atoms with van der Waals surface area (Å²) in [5.41, 5.74) is 2.22. The Bertz CT molecular complexity index is 780. The van der Waals surface area contributed by atoms with Crippen LogP contribution in [0.5, 0.6) is 11.5 Å². The maximum atomic E-state index is 5.38. The SMILES string of the molecule is CN=C(NCC(c1ccccc1)N1CCCC1)Nc1ccc(OC)c(OC)c1.I. The van der Waals surface area contributed by atoms with E-state index in [9.17, 15) is 0 Å². The fourth-order valence-corrected chi connectivity index (χ4v) is 3.61. The van der Waals surface area contributed by atoms with Gasteiger partial charge >= 0.3 is 0 Å². The van der Waals surface area contributed by atoms with Crippen molar-refractivity contribution >= 4 is 35.6 Å². The molecule has 2 aromatic rings. The van der Waals surface area contributed by atoms with Crippen LogP contribution in [0.2, 0.25) is 0 Å². The number of methoxy groups -OCH3 is 2. The van der Waals surface area contributed by atoms with Crippen LogP contribution < -0.4 is 20.1 Å². The molecule has 158 valence electrons. The summed E-state index contributed by atoms with van der Waals surface area (Å²) in [7, 11) is 5.05. The summed E-state index contributed by atoms with van der Waals surface area (Å²) in [4.78, 5) is 6.93. The molecule has 1 fully saturated rings. The number of hydrogen-bond acceptors (Lipinski definition) is 4. The molecule has 1 atom stereocenters. The van der Waals surface area contributed by atoms with E-state index in [1.807, 2.05) is 18.2 Å². The van der Waals surface area contributed by atoms with Crippen LogP contribution in [0.25, 0.3) is 0 Å². The first-order valence-corrected chi connectivity index (χ1v) is 9.74. The van der Waals surface area contributed by atoms with Crippen molar-refractivity contribution in [1.82, 2.24) is 10.2 Å². The Morgan fingerprint density at radius 3 is 2.34 bits per heavy atom. The van der Waals surface area contributed by atoms with Gasteiger partial charge < -0.3 is 20.1 Å². The van der Waals surface area contributed by atoms with Gasteiger partial charge in [0.1, 0.15) is 0 Å². The van der Waals surface area contributed by atoms with Gasteiger partial charge in [-0.15, -0.1) is 24.0 Å². The van der Waals surface area contributed by atoms with Crippen molar-refractivity contribution in [2.45, 2.75) is 18.9 Å². The van der Waals surface area contributed by atoms with Crippen molar-refractivity contribution in [1.29, 1.82) is 0 Å². The molecule has 0 radical (unpaired) electrons. The number of ether oxygens (including phenoxy) is 2. The van der Waals surface area contributed by atoms with Gasteiger partial charge in [0.05, 0.1) is 20.3 Å². The average molecular weight is 510 g/mol. The van der Waals surface area contributed by atoms with E-state index >= 15 is 0 Å². The number of aliphatic imine (C=N–C) groups is 1. The number of guanidine groups is 1. The average Bonchev–Trinajstić information content (AvgIpc) is 3.28. The lowest BCUT2D eigenvalue weighted by Gasteiger charge is -2.29. The minimum atomic E-state index is 0. The summed E-state index contributed by atoms with van der Waals surface area (Å²) in [6.07, 6.45) is 2.53. The van der Waals surface area contributed by atoms with Crippen molar-refractivity contribution in [3.8, 4) is 11.5 Å². The summed E-state index contributed by atoms with van der Waals surface area (Å²) < 4.78 is 10.7. The van der Waals surface area contributed by atoms with E-state index < -0.39 is 0 Å². The van der Waals surface area contributed by atoms with E-state index in [4.69, 9.17) is 9.47 Å². The third-order valence-electron chi connectivity index (χ3n) is 5.10. The molecule has 0 saturated carbocycles. The molecule has 0 amide bonds. The number of hydrogen-bond donors (Lipinski definition) is 2. The molecule has 1 aliphatic rings. The van der Waals surface area contributed by atoms with Crippen molar-refractivity contribution in [3.05, 3.63) is 54.1 Å². The fourth-order valence-electron chi connectivity index (χ4n) is 3.61. The Balaban J connectivity index is 0.00000300. The van der Waals surface area contributed by atoms with Crippen LogP contribution >= 0.6 is 24.0 Å². The van der Waals surface area contributed by atoms with Crippen LogP contribution in [0.4, 0.5) is 5.69 Å². The molecule has 1 heterocycles. The van der Waals surface area contributed by atoms with E-state index in [2.05, 4.69) is 50.9 Å². The zero-order valence-corrected chi connectivity index (χ0v) is 19.7. The Hall–Kier alpha value is -2.00. The molecule has 1 unspecified atom stereocenters. The van der Waals surface area contributed by atoms with Crippen LogP contribution in [0, 0.1) is 0 Å². The van der Waals surface area contributed by atoms with Crippen molar-refractivity contribution in [3.63, 3.8) is 0 Å². The summed E-state index contributed by atoms with van der Waals surface area (Å²) >= 11 is 0. The zero-order valence-electron chi connectivity index (χ0n) is 17.4. The topological polar surface area (TPSA) is 58.1 Å². The van der Waals surface area contributed by atoms with Gasteiger partial charge in [0.25, 0.3) is 0 Å². The molecule has 7 heteroatoms. The lowest BCUT2D eigenvalue weighted by molar-refractivity contribution is 0.246. The predicted octanol–water partition coefficient (Wildman–Crippen LogP) is 4.15. The molecule has 6 nitrogen and oxygen atoms in total.